The Labute approximate surface area is 336 Å². The molecule has 0 radical (unpaired) electrons. The van der Waals surface area contributed by atoms with Crippen molar-refractivity contribution in [3.63, 3.8) is 0 Å². The van der Waals surface area contributed by atoms with Gasteiger partial charge >= 0.3 is 7.82 Å². The van der Waals surface area contributed by atoms with E-state index in [2.05, 4.69) is 19.2 Å². The number of carbonyl (C=O) groups is 2. The van der Waals surface area contributed by atoms with Crippen LogP contribution in [-0.4, -0.2) is 92.4 Å². The van der Waals surface area contributed by atoms with E-state index in [1.54, 1.807) is 6.08 Å². The van der Waals surface area contributed by atoms with Crippen LogP contribution < -0.4 is 5.32 Å². The molecule has 1 aliphatic rings. The van der Waals surface area contributed by atoms with E-state index in [4.69, 9.17) is 13.8 Å². The first kappa shape index (κ1) is 51.4. The van der Waals surface area contributed by atoms with Gasteiger partial charge in [-0.05, 0) is 38.2 Å². The number of quaternary nitrogens is 1. The largest absolute Gasteiger partial charge is 0.472 e. The third-order valence-corrected chi connectivity index (χ3v) is 11.1. The maximum Gasteiger partial charge on any atom is 0.472 e. The van der Waals surface area contributed by atoms with Crippen LogP contribution in [0.3, 0.4) is 0 Å². The summed E-state index contributed by atoms with van der Waals surface area (Å²) >= 11 is 0. The van der Waals surface area contributed by atoms with Crippen LogP contribution in [0, 0.1) is 11.8 Å². The lowest BCUT2D eigenvalue weighted by atomic mass is 9.90. The van der Waals surface area contributed by atoms with Gasteiger partial charge in [-0.15, -0.1) is 0 Å². The van der Waals surface area contributed by atoms with E-state index >= 15 is 0 Å². The first-order chi connectivity index (χ1) is 26.4. The van der Waals surface area contributed by atoms with Crippen molar-refractivity contribution in [3.05, 3.63) is 36.5 Å². The standard InChI is InChI=1S/C44H81N2O8P/c1-6-8-10-11-12-13-14-15-16-17-18-19-22-26-35-52-38-41(54-55(50,51)53-36-34-46(3,4)5)37-45-44(49)29-25-21-20-24-28-42-39(31-33-43(42)48)30-32-40(47)27-23-9-7-2/h20,24,30-33,39-42,47H,6-19,21-23,25-29,34-38H2,1-5H3,(H-,45,49,50,51)/p+1/b24-20-,32-30+/t39-,40-,41?,42-/m0/s1. The molecule has 0 aliphatic heterocycles. The monoisotopic (exact) mass is 798 g/mol. The quantitative estimate of drug-likeness (QED) is 0.0245. The van der Waals surface area contributed by atoms with Crippen molar-refractivity contribution < 1.29 is 42.4 Å². The van der Waals surface area contributed by atoms with E-state index in [-0.39, 0.29) is 43.3 Å². The molecule has 3 N–H and O–H groups in total. The molecule has 0 heterocycles. The summed E-state index contributed by atoms with van der Waals surface area (Å²) < 4.78 is 29.9. The van der Waals surface area contributed by atoms with Gasteiger partial charge < -0.3 is 24.5 Å². The number of carbonyl (C=O) groups excluding carboxylic acids is 2. The normalized spacial score (nSPS) is 18.4. The minimum Gasteiger partial charge on any atom is -0.389 e. The van der Waals surface area contributed by atoms with Crippen molar-refractivity contribution in [2.75, 3.05) is 54.1 Å². The number of aliphatic hydroxyl groups is 1. The van der Waals surface area contributed by atoms with E-state index in [0.29, 0.717) is 43.3 Å². The number of rotatable bonds is 37. The second kappa shape index (κ2) is 32.3. The molecule has 0 fully saturated rings. The molecule has 0 bridgehead atoms. The number of amides is 1. The van der Waals surface area contributed by atoms with Gasteiger partial charge in [0.2, 0.25) is 5.91 Å². The summed E-state index contributed by atoms with van der Waals surface area (Å²) in [6.07, 6.45) is 34.1. The van der Waals surface area contributed by atoms with Gasteiger partial charge in [-0.25, -0.2) is 4.57 Å². The van der Waals surface area contributed by atoms with Gasteiger partial charge in [0.25, 0.3) is 0 Å². The number of allylic oxidation sites excluding steroid dienone is 5. The summed E-state index contributed by atoms with van der Waals surface area (Å²) in [5, 5.41) is 13.1. The molecule has 1 aliphatic carbocycles. The van der Waals surface area contributed by atoms with E-state index in [0.717, 1.165) is 38.5 Å². The molecular formula is C44H82N2O8P+. The molecule has 0 saturated heterocycles. The number of ether oxygens (including phenoxy) is 1. The van der Waals surface area contributed by atoms with Gasteiger partial charge in [-0.1, -0.05) is 147 Å². The van der Waals surface area contributed by atoms with Gasteiger partial charge in [-0.2, -0.15) is 0 Å². The lowest BCUT2D eigenvalue weighted by molar-refractivity contribution is -0.870. The molecule has 0 aromatic carbocycles. The van der Waals surface area contributed by atoms with Crippen LogP contribution in [0.5, 0.6) is 0 Å². The Bertz CT molecular complexity index is 1120. The average Bonchev–Trinajstić information content (AvgIpc) is 3.48. The molecule has 1 rings (SSSR count). The summed E-state index contributed by atoms with van der Waals surface area (Å²) in [5.74, 6) is -0.248. The van der Waals surface area contributed by atoms with Gasteiger partial charge in [0, 0.05) is 31.4 Å². The molecule has 55 heavy (non-hydrogen) atoms. The van der Waals surface area contributed by atoms with Crippen molar-refractivity contribution in [1.29, 1.82) is 0 Å². The fourth-order valence-corrected chi connectivity index (χ4v) is 7.41. The molecule has 0 aromatic rings. The number of nitrogens with zero attached hydrogens (tertiary/aromatic N) is 1. The summed E-state index contributed by atoms with van der Waals surface area (Å²) in [6, 6.07) is 0. The number of unbranched alkanes of at least 4 members (excludes halogenated alkanes) is 16. The minimum atomic E-state index is -4.35. The van der Waals surface area contributed by atoms with E-state index in [9.17, 15) is 24.2 Å². The van der Waals surface area contributed by atoms with Crippen LogP contribution in [0.15, 0.2) is 36.5 Å². The Morgan fingerprint density at radius 3 is 2.09 bits per heavy atom. The Balaban J connectivity index is 2.39. The zero-order valence-electron chi connectivity index (χ0n) is 35.6. The molecule has 11 heteroatoms. The number of hydrogen-bond donors (Lipinski definition) is 3. The van der Waals surface area contributed by atoms with Crippen LogP contribution in [0.4, 0.5) is 0 Å². The number of ketones is 1. The van der Waals surface area contributed by atoms with Crippen LogP contribution in [0.1, 0.15) is 155 Å². The van der Waals surface area contributed by atoms with E-state index in [1.165, 1.54) is 77.0 Å². The molecule has 320 valence electrons. The SMILES string of the molecule is CCCCCCCCCCCCCCCCOCC(CNC(=O)CCC/C=C\C[C@@H]1C(=O)C=C[C@@H]1/C=C/[C@@H](O)CCCCC)OP(=O)(O)OCC[N+](C)(C)C. The van der Waals surface area contributed by atoms with Crippen LogP contribution in [0.2, 0.25) is 0 Å². The molecule has 0 saturated carbocycles. The van der Waals surface area contributed by atoms with Crippen molar-refractivity contribution in [3.8, 4) is 0 Å². The first-order valence-corrected chi connectivity index (χ1v) is 23.4. The van der Waals surface area contributed by atoms with Crippen molar-refractivity contribution >= 4 is 19.5 Å². The highest BCUT2D eigenvalue weighted by Gasteiger charge is 2.29. The van der Waals surface area contributed by atoms with Gasteiger partial charge in [0.05, 0.1) is 33.9 Å². The van der Waals surface area contributed by atoms with Crippen molar-refractivity contribution in [2.24, 2.45) is 11.8 Å². The minimum absolute atomic E-state index is 0.0145. The first-order valence-electron chi connectivity index (χ1n) is 21.9. The summed E-state index contributed by atoms with van der Waals surface area (Å²) in [6.45, 7) is 5.64. The van der Waals surface area contributed by atoms with Gasteiger partial charge in [0.15, 0.2) is 5.78 Å². The second-order valence-electron chi connectivity index (χ2n) is 16.5. The smallest absolute Gasteiger partial charge is 0.389 e. The number of likely N-dealkylation sites (N-methyl/N-ethyl adjacent to an activating group) is 1. The molecule has 5 atom stereocenters. The predicted molar refractivity (Wildman–Crippen MR) is 226 cm³/mol. The molecule has 10 nitrogen and oxygen atoms in total. The molecule has 0 aromatic heterocycles. The number of aliphatic hydroxyl groups excluding tert-OH is 1. The van der Waals surface area contributed by atoms with Gasteiger partial charge in [-0.3, -0.25) is 18.6 Å². The molecular weight excluding hydrogens is 715 g/mol. The third-order valence-electron chi connectivity index (χ3n) is 10.1. The van der Waals surface area contributed by atoms with Gasteiger partial charge in [0.1, 0.15) is 19.3 Å². The van der Waals surface area contributed by atoms with Crippen molar-refractivity contribution in [2.45, 2.75) is 167 Å². The zero-order valence-corrected chi connectivity index (χ0v) is 36.5. The fourth-order valence-electron chi connectivity index (χ4n) is 6.53. The number of nitrogens with one attached hydrogen (secondary N) is 1. The third kappa shape index (κ3) is 30.1. The van der Waals surface area contributed by atoms with E-state index in [1.807, 2.05) is 51.5 Å². The lowest BCUT2D eigenvalue weighted by Crippen LogP contribution is -2.38. The summed E-state index contributed by atoms with van der Waals surface area (Å²) in [7, 11) is 1.56. The molecule has 1 amide bonds. The highest BCUT2D eigenvalue weighted by molar-refractivity contribution is 7.47. The zero-order chi connectivity index (χ0) is 40.6. The van der Waals surface area contributed by atoms with E-state index < -0.39 is 20.0 Å². The number of hydrogen-bond acceptors (Lipinski definition) is 7. The predicted octanol–water partition coefficient (Wildman–Crippen LogP) is 9.79. The Morgan fingerprint density at radius 1 is 0.873 bits per heavy atom. The van der Waals surface area contributed by atoms with Crippen LogP contribution in [-0.2, 0) is 27.9 Å². The Kier molecular flexibility index (Phi) is 30.2. The topological polar surface area (TPSA) is 131 Å². The number of phosphoric acid groups is 1. The lowest BCUT2D eigenvalue weighted by Gasteiger charge is -2.25. The highest BCUT2D eigenvalue weighted by atomic mass is 31.2. The maximum atomic E-state index is 12.7. The Morgan fingerprint density at radius 2 is 1.47 bits per heavy atom. The Hall–Kier alpha value is -1.65. The maximum absolute atomic E-state index is 12.7. The molecule has 0 spiro atoms. The van der Waals surface area contributed by atoms with Crippen molar-refractivity contribution in [1.82, 2.24) is 5.32 Å². The van der Waals surface area contributed by atoms with Crippen LogP contribution in [0.25, 0.3) is 0 Å². The summed E-state index contributed by atoms with van der Waals surface area (Å²) in [4.78, 5) is 35.5. The average molecular weight is 798 g/mol. The molecule has 2 unspecified atom stereocenters. The number of phosphoric ester groups is 1. The highest BCUT2D eigenvalue weighted by Crippen LogP contribution is 2.44. The summed E-state index contributed by atoms with van der Waals surface area (Å²) in [5.41, 5.74) is 0. The van der Waals surface area contributed by atoms with Crippen LogP contribution >= 0.6 is 7.82 Å². The fraction of sp³-hybridized carbons (Fsp3) is 0.818. The second-order valence-corrected chi connectivity index (χ2v) is 17.9.